The predicted octanol–water partition coefficient (Wildman–Crippen LogP) is 2.35. The van der Waals surface area contributed by atoms with Gasteiger partial charge in [-0.1, -0.05) is 17.7 Å². The number of carbonyl (C=O) groups is 1. The molecule has 0 saturated carbocycles. The molecule has 0 aliphatic carbocycles. The zero-order valence-electron chi connectivity index (χ0n) is 15.2. The van der Waals surface area contributed by atoms with Gasteiger partial charge >= 0.3 is 0 Å². The van der Waals surface area contributed by atoms with Gasteiger partial charge in [-0.15, -0.1) is 10.2 Å². The Labute approximate surface area is 160 Å². The molecular formula is C17H18ClN7O2. The number of nitrogens with one attached hydrogen (secondary N) is 2. The van der Waals surface area contributed by atoms with Crippen molar-refractivity contribution in [2.45, 2.75) is 6.92 Å². The van der Waals surface area contributed by atoms with Crippen LogP contribution in [-0.2, 0) is 7.05 Å². The maximum Gasteiger partial charge on any atom is 0.273 e. The molecule has 0 unspecified atom stereocenters. The van der Waals surface area contributed by atoms with Crippen LogP contribution in [0.1, 0.15) is 16.1 Å². The number of amides is 1. The van der Waals surface area contributed by atoms with Crippen molar-refractivity contribution in [3.63, 3.8) is 0 Å². The lowest BCUT2D eigenvalue weighted by molar-refractivity contribution is 0.0958. The minimum Gasteiger partial charge on any atom is -0.494 e. The number of methoxy groups -OCH3 is 1. The molecule has 0 aliphatic rings. The maximum atomic E-state index is 12.1. The molecule has 0 saturated heterocycles. The summed E-state index contributed by atoms with van der Waals surface area (Å²) in [5.41, 5.74) is 3.58. The van der Waals surface area contributed by atoms with Crippen LogP contribution in [0, 0.1) is 6.92 Å². The standard InChI is InChI=1S/C17H18ClN7O2/c1-9-5-6-10(16(27-4)14(9)12-8-20-25(3)24-12)21-11-7-13(18)22-23-15(11)17(26)19-2/h5-8H,1-4H3,(H,19,26)(H,21,22). The molecule has 9 nitrogen and oxygen atoms in total. The van der Waals surface area contributed by atoms with Crippen LogP contribution < -0.4 is 15.4 Å². The third-order valence-corrected chi connectivity index (χ3v) is 4.09. The van der Waals surface area contributed by atoms with Crippen molar-refractivity contribution in [1.82, 2.24) is 30.5 Å². The molecule has 0 fully saturated rings. The van der Waals surface area contributed by atoms with Gasteiger partial charge in [0, 0.05) is 20.2 Å². The lowest BCUT2D eigenvalue weighted by Crippen LogP contribution is -2.21. The summed E-state index contributed by atoms with van der Waals surface area (Å²) < 4.78 is 5.64. The van der Waals surface area contributed by atoms with E-state index in [1.807, 2.05) is 19.1 Å². The van der Waals surface area contributed by atoms with Crippen molar-refractivity contribution in [3.05, 3.63) is 40.8 Å². The summed E-state index contributed by atoms with van der Waals surface area (Å²) in [6, 6.07) is 5.29. The highest BCUT2D eigenvalue weighted by atomic mass is 35.5. The number of anilines is 2. The summed E-state index contributed by atoms with van der Waals surface area (Å²) in [6.45, 7) is 1.96. The average molecular weight is 388 g/mol. The Morgan fingerprint density at radius 2 is 2.04 bits per heavy atom. The monoisotopic (exact) mass is 387 g/mol. The minimum absolute atomic E-state index is 0.116. The van der Waals surface area contributed by atoms with Crippen molar-refractivity contribution in [1.29, 1.82) is 0 Å². The molecule has 140 valence electrons. The average Bonchev–Trinajstić information content (AvgIpc) is 3.08. The lowest BCUT2D eigenvalue weighted by Gasteiger charge is -2.17. The van der Waals surface area contributed by atoms with Crippen molar-refractivity contribution in [3.8, 4) is 17.0 Å². The summed E-state index contributed by atoms with van der Waals surface area (Å²) in [6.07, 6.45) is 1.66. The van der Waals surface area contributed by atoms with Gasteiger partial charge in [0.1, 0.15) is 5.69 Å². The molecule has 0 radical (unpaired) electrons. The second kappa shape index (κ2) is 7.58. The normalized spacial score (nSPS) is 10.6. The number of aryl methyl sites for hydroxylation is 2. The molecule has 0 atom stereocenters. The summed E-state index contributed by atoms with van der Waals surface area (Å²) in [5.74, 6) is 0.174. The zero-order valence-corrected chi connectivity index (χ0v) is 16.0. The molecule has 2 heterocycles. The van der Waals surface area contributed by atoms with E-state index in [1.165, 1.54) is 17.9 Å². The van der Waals surface area contributed by atoms with Crippen molar-refractivity contribution >= 4 is 28.9 Å². The molecule has 0 bridgehead atoms. The van der Waals surface area contributed by atoms with Crippen LogP contribution >= 0.6 is 11.6 Å². The predicted molar refractivity (Wildman–Crippen MR) is 101 cm³/mol. The minimum atomic E-state index is -0.387. The summed E-state index contributed by atoms with van der Waals surface area (Å²) in [7, 11) is 4.83. The van der Waals surface area contributed by atoms with Crippen LogP contribution in [-0.4, -0.2) is 45.3 Å². The summed E-state index contributed by atoms with van der Waals surface area (Å²) in [4.78, 5) is 13.6. The van der Waals surface area contributed by atoms with Crippen LogP contribution in [0.4, 0.5) is 11.4 Å². The Kier molecular flexibility index (Phi) is 5.22. The van der Waals surface area contributed by atoms with Gasteiger partial charge in [0.25, 0.3) is 5.91 Å². The highest BCUT2D eigenvalue weighted by Crippen LogP contribution is 2.39. The van der Waals surface area contributed by atoms with Crippen molar-refractivity contribution in [2.75, 3.05) is 19.5 Å². The Bertz CT molecular complexity index is 1000. The number of aromatic nitrogens is 5. The summed E-state index contributed by atoms with van der Waals surface area (Å²) in [5, 5.41) is 22.0. The quantitative estimate of drug-likeness (QED) is 0.691. The molecule has 1 amide bonds. The Balaban J connectivity index is 2.12. The van der Waals surface area contributed by atoms with Gasteiger partial charge in [-0.25, -0.2) is 0 Å². The van der Waals surface area contributed by atoms with E-state index in [0.717, 1.165) is 11.1 Å². The van der Waals surface area contributed by atoms with E-state index in [4.69, 9.17) is 16.3 Å². The number of hydrogen-bond donors (Lipinski definition) is 2. The number of halogens is 1. The van der Waals surface area contributed by atoms with Gasteiger partial charge < -0.3 is 15.4 Å². The van der Waals surface area contributed by atoms with E-state index in [9.17, 15) is 4.79 Å². The first kappa shape index (κ1) is 18.6. The molecule has 0 spiro atoms. The molecule has 27 heavy (non-hydrogen) atoms. The van der Waals surface area contributed by atoms with Crippen LogP contribution in [0.3, 0.4) is 0 Å². The molecule has 2 aromatic heterocycles. The lowest BCUT2D eigenvalue weighted by atomic mass is 10.0. The number of rotatable bonds is 5. The van der Waals surface area contributed by atoms with Crippen molar-refractivity contribution in [2.24, 2.45) is 7.05 Å². The van der Waals surface area contributed by atoms with Gasteiger partial charge in [-0.2, -0.15) is 15.0 Å². The highest BCUT2D eigenvalue weighted by molar-refractivity contribution is 6.29. The van der Waals surface area contributed by atoms with Crippen LogP contribution in [0.5, 0.6) is 5.75 Å². The number of hydrogen-bond acceptors (Lipinski definition) is 7. The molecular weight excluding hydrogens is 370 g/mol. The molecule has 3 aromatic rings. The number of nitrogens with zero attached hydrogens (tertiary/aromatic N) is 5. The fourth-order valence-corrected chi connectivity index (χ4v) is 2.81. The van der Waals surface area contributed by atoms with E-state index in [-0.39, 0.29) is 16.8 Å². The van der Waals surface area contributed by atoms with Gasteiger partial charge in [-0.05, 0) is 18.6 Å². The van der Waals surface area contributed by atoms with Gasteiger partial charge in [0.15, 0.2) is 16.6 Å². The third kappa shape index (κ3) is 3.68. The van der Waals surface area contributed by atoms with E-state index >= 15 is 0 Å². The fraction of sp³-hybridized carbons (Fsp3) is 0.235. The smallest absolute Gasteiger partial charge is 0.273 e. The molecule has 3 rings (SSSR count). The van der Waals surface area contributed by atoms with Crippen molar-refractivity contribution < 1.29 is 9.53 Å². The molecule has 10 heteroatoms. The van der Waals surface area contributed by atoms with Gasteiger partial charge in [-0.3, -0.25) is 4.79 Å². The highest BCUT2D eigenvalue weighted by Gasteiger charge is 2.20. The van der Waals surface area contributed by atoms with Crippen LogP contribution in [0.25, 0.3) is 11.3 Å². The topological polar surface area (TPSA) is 107 Å². The Morgan fingerprint density at radius 1 is 1.26 bits per heavy atom. The number of carbonyl (C=O) groups excluding carboxylic acids is 1. The van der Waals surface area contributed by atoms with E-state index in [0.29, 0.717) is 22.8 Å². The van der Waals surface area contributed by atoms with Crippen LogP contribution in [0.15, 0.2) is 24.4 Å². The number of ether oxygens (including phenoxy) is 1. The maximum absolute atomic E-state index is 12.1. The summed E-state index contributed by atoms with van der Waals surface area (Å²) >= 11 is 5.96. The third-order valence-electron chi connectivity index (χ3n) is 3.90. The molecule has 1 aromatic carbocycles. The number of benzene rings is 1. The SMILES string of the molecule is CNC(=O)c1nnc(Cl)cc1Nc1ccc(C)c(-c2cnn(C)n2)c1OC. The molecule has 0 aliphatic heterocycles. The second-order valence-electron chi connectivity index (χ2n) is 5.69. The van der Waals surface area contributed by atoms with Gasteiger partial charge in [0.05, 0.1) is 30.2 Å². The first-order chi connectivity index (χ1) is 12.9. The van der Waals surface area contributed by atoms with Crippen LogP contribution in [0.2, 0.25) is 5.15 Å². The molecule has 2 N–H and O–H groups in total. The first-order valence-corrected chi connectivity index (χ1v) is 8.39. The fourth-order valence-electron chi connectivity index (χ4n) is 2.66. The van der Waals surface area contributed by atoms with E-state index < -0.39 is 0 Å². The first-order valence-electron chi connectivity index (χ1n) is 8.01. The zero-order chi connectivity index (χ0) is 19.6. The largest absolute Gasteiger partial charge is 0.494 e. The Hall–Kier alpha value is -3.20. The second-order valence-corrected chi connectivity index (χ2v) is 6.08. The van der Waals surface area contributed by atoms with E-state index in [1.54, 1.807) is 20.4 Å². The van der Waals surface area contributed by atoms with E-state index in [2.05, 4.69) is 31.0 Å². The van der Waals surface area contributed by atoms with Gasteiger partial charge in [0.2, 0.25) is 0 Å². The Morgan fingerprint density at radius 3 is 2.67 bits per heavy atom.